The zero-order valence-electron chi connectivity index (χ0n) is 11.1. The Hall–Kier alpha value is -1.84. The fourth-order valence-electron chi connectivity index (χ4n) is 1.79. The lowest BCUT2D eigenvalue weighted by molar-refractivity contribution is -0.121. The number of hydrogen-bond donors (Lipinski definition) is 2. The van der Waals surface area contributed by atoms with Crippen LogP contribution in [0.5, 0.6) is 0 Å². The first-order valence-corrected chi connectivity index (χ1v) is 6.09. The van der Waals surface area contributed by atoms with Crippen LogP contribution in [0.25, 0.3) is 0 Å². The molecule has 4 nitrogen and oxygen atoms in total. The van der Waals surface area contributed by atoms with Gasteiger partial charge in [0.25, 0.3) is 0 Å². The highest BCUT2D eigenvalue weighted by Gasteiger charge is 2.16. The lowest BCUT2D eigenvalue weighted by atomic mass is 9.96. The van der Waals surface area contributed by atoms with E-state index >= 15 is 0 Å². The Balaban J connectivity index is 2.72. The molecule has 0 aliphatic rings. The number of imide groups is 1. The highest BCUT2D eigenvalue weighted by Crippen LogP contribution is 2.17. The van der Waals surface area contributed by atoms with Gasteiger partial charge in [0.05, 0.1) is 5.92 Å². The van der Waals surface area contributed by atoms with Crippen LogP contribution in [0.1, 0.15) is 37.8 Å². The van der Waals surface area contributed by atoms with E-state index in [1.54, 1.807) is 6.92 Å². The molecule has 3 N–H and O–H groups in total. The number of benzene rings is 1. The van der Waals surface area contributed by atoms with E-state index in [9.17, 15) is 9.59 Å². The second-order valence-electron chi connectivity index (χ2n) is 4.91. The Morgan fingerprint density at radius 2 is 1.72 bits per heavy atom. The molecule has 0 aliphatic heterocycles. The first-order valence-electron chi connectivity index (χ1n) is 6.09. The summed E-state index contributed by atoms with van der Waals surface area (Å²) < 4.78 is 0. The Kier molecular flexibility index (Phi) is 4.89. The molecule has 1 unspecified atom stereocenters. The van der Waals surface area contributed by atoms with Crippen LogP contribution in [0, 0.1) is 5.92 Å². The molecule has 1 rings (SSSR count). The Morgan fingerprint density at radius 3 is 2.17 bits per heavy atom. The molecule has 4 heteroatoms. The maximum Gasteiger partial charge on any atom is 0.318 e. The molecule has 1 atom stereocenters. The molecule has 0 saturated carbocycles. The zero-order valence-corrected chi connectivity index (χ0v) is 11.1. The normalized spacial score (nSPS) is 12.2. The smallest absolute Gasteiger partial charge is 0.318 e. The number of nitrogens with one attached hydrogen (secondary N) is 1. The molecule has 18 heavy (non-hydrogen) atoms. The summed E-state index contributed by atoms with van der Waals surface area (Å²) in [6, 6.07) is 7.06. The molecule has 1 aromatic carbocycles. The lowest BCUT2D eigenvalue weighted by Gasteiger charge is -2.12. The molecule has 0 radical (unpaired) electrons. The van der Waals surface area contributed by atoms with Crippen LogP contribution in [-0.4, -0.2) is 11.9 Å². The molecule has 0 aliphatic carbocycles. The van der Waals surface area contributed by atoms with Crippen molar-refractivity contribution in [3.63, 3.8) is 0 Å². The summed E-state index contributed by atoms with van der Waals surface area (Å²) in [5.74, 6) is -0.156. The van der Waals surface area contributed by atoms with Crippen molar-refractivity contribution >= 4 is 11.9 Å². The van der Waals surface area contributed by atoms with Crippen molar-refractivity contribution in [1.29, 1.82) is 0 Å². The Morgan fingerprint density at radius 1 is 1.17 bits per heavy atom. The van der Waals surface area contributed by atoms with E-state index in [-0.39, 0.29) is 11.8 Å². The van der Waals surface area contributed by atoms with E-state index in [0.29, 0.717) is 5.92 Å². The molecular formula is C14H20N2O2. The van der Waals surface area contributed by atoms with Gasteiger partial charge in [0.2, 0.25) is 5.91 Å². The summed E-state index contributed by atoms with van der Waals surface area (Å²) in [5.41, 5.74) is 7.04. The third kappa shape index (κ3) is 4.20. The highest BCUT2D eigenvalue weighted by atomic mass is 16.2. The summed E-state index contributed by atoms with van der Waals surface area (Å²) in [5, 5.41) is 2.09. The SMILES string of the molecule is CC(C)Cc1ccc(C(C)C(=O)NC(N)=O)cc1. The number of rotatable bonds is 4. The number of nitrogens with two attached hydrogens (primary N) is 1. The number of hydrogen-bond acceptors (Lipinski definition) is 2. The van der Waals surface area contributed by atoms with Crippen molar-refractivity contribution < 1.29 is 9.59 Å². The summed E-state index contributed by atoms with van der Waals surface area (Å²) in [6.07, 6.45) is 1.02. The third-order valence-electron chi connectivity index (χ3n) is 2.76. The van der Waals surface area contributed by atoms with E-state index in [2.05, 4.69) is 19.2 Å². The zero-order chi connectivity index (χ0) is 13.7. The minimum Gasteiger partial charge on any atom is -0.351 e. The molecule has 3 amide bonds. The molecule has 0 spiro atoms. The van der Waals surface area contributed by atoms with Crippen LogP contribution >= 0.6 is 0 Å². The fraction of sp³-hybridized carbons (Fsp3) is 0.429. The van der Waals surface area contributed by atoms with Crippen molar-refractivity contribution in [2.24, 2.45) is 11.7 Å². The topological polar surface area (TPSA) is 72.2 Å². The largest absolute Gasteiger partial charge is 0.351 e. The maximum atomic E-state index is 11.6. The van der Waals surface area contributed by atoms with Crippen molar-refractivity contribution in [2.45, 2.75) is 33.1 Å². The van der Waals surface area contributed by atoms with Gasteiger partial charge in [-0.25, -0.2) is 4.79 Å². The van der Waals surface area contributed by atoms with Gasteiger partial charge in [-0.2, -0.15) is 0 Å². The molecule has 0 saturated heterocycles. The van der Waals surface area contributed by atoms with Crippen molar-refractivity contribution in [3.05, 3.63) is 35.4 Å². The Bertz CT molecular complexity index is 424. The van der Waals surface area contributed by atoms with Crippen LogP contribution in [-0.2, 0) is 11.2 Å². The second kappa shape index (κ2) is 6.19. The van der Waals surface area contributed by atoms with Gasteiger partial charge in [-0.1, -0.05) is 38.1 Å². The lowest BCUT2D eigenvalue weighted by Crippen LogP contribution is -2.37. The maximum absolute atomic E-state index is 11.6. The van der Waals surface area contributed by atoms with E-state index in [1.807, 2.05) is 24.3 Å². The predicted octanol–water partition coefficient (Wildman–Crippen LogP) is 2.18. The van der Waals surface area contributed by atoms with Crippen LogP contribution < -0.4 is 11.1 Å². The quantitative estimate of drug-likeness (QED) is 0.857. The number of carbonyl (C=O) groups is 2. The van der Waals surface area contributed by atoms with Crippen molar-refractivity contribution in [2.75, 3.05) is 0 Å². The Labute approximate surface area is 108 Å². The van der Waals surface area contributed by atoms with Crippen LogP contribution in [0.2, 0.25) is 0 Å². The number of urea groups is 1. The van der Waals surface area contributed by atoms with Crippen LogP contribution in [0.15, 0.2) is 24.3 Å². The van der Waals surface area contributed by atoms with E-state index in [1.165, 1.54) is 5.56 Å². The van der Waals surface area contributed by atoms with Gasteiger partial charge in [-0.15, -0.1) is 0 Å². The first-order chi connectivity index (χ1) is 8.40. The van der Waals surface area contributed by atoms with E-state index in [4.69, 9.17) is 5.73 Å². The molecule has 98 valence electrons. The fourth-order valence-corrected chi connectivity index (χ4v) is 1.79. The molecule has 1 aromatic rings. The monoisotopic (exact) mass is 248 g/mol. The van der Waals surface area contributed by atoms with Gasteiger partial charge in [0.1, 0.15) is 0 Å². The standard InChI is InChI=1S/C14H20N2O2/c1-9(2)8-11-4-6-12(7-5-11)10(3)13(17)16-14(15)18/h4-7,9-10H,8H2,1-3H3,(H3,15,16,17,18). The van der Waals surface area contributed by atoms with Gasteiger partial charge in [-0.05, 0) is 30.4 Å². The van der Waals surface area contributed by atoms with Gasteiger partial charge in [0.15, 0.2) is 0 Å². The van der Waals surface area contributed by atoms with Gasteiger partial charge in [-0.3, -0.25) is 10.1 Å². The molecule has 0 aromatic heterocycles. The van der Waals surface area contributed by atoms with Crippen LogP contribution in [0.3, 0.4) is 0 Å². The van der Waals surface area contributed by atoms with Crippen molar-refractivity contribution in [3.8, 4) is 0 Å². The van der Waals surface area contributed by atoms with Gasteiger partial charge in [0, 0.05) is 0 Å². The van der Waals surface area contributed by atoms with Crippen molar-refractivity contribution in [1.82, 2.24) is 5.32 Å². The molecule has 0 bridgehead atoms. The minimum atomic E-state index is -0.816. The first kappa shape index (κ1) is 14.2. The number of amides is 3. The molecule has 0 heterocycles. The third-order valence-corrected chi connectivity index (χ3v) is 2.76. The average Bonchev–Trinajstić information content (AvgIpc) is 2.27. The molecular weight excluding hydrogens is 228 g/mol. The van der Waals surface area contributed by atoms with E-state index in [0.717, 1.165) is 12.0 Å². The summed E-state index contributed by atoms with van der Waals surface area (Å²) in [7, 11) is 0. The summed E-state index contributed by atoms with van der Waals surface area (Å²) >= 11 is 0. The molecule has 0 fully saturated rings. The van der Waals surface area contributed by atoms with Gasteiger partial charge < -0.3 is 5.73 Å². The van der Waals surface area contributed by atoms with E-state index < -0.39 is 6.03 Å². The second-order valence-corrected chi connectivity index (χ2v) is 4.91. The van der Waals surface area contributed by atoms with Crippen LogP contribution in [0.4, 0.5) is 4.79 Å². The minimum absolute atomic E-state index is 0.376. The summed E-state index contributed by atoms with van der Waals surface area (Å²) in [4.78, 5) is 22.2. The highest BCUT2D eigenvalue weighted by molar-refractivity contribution is 5.96. The predicted molar refractivity (Wildman–Crippen MR) is 71.1 cm³/mol. The average molecular weight is 248 g/mol. The summed E-state index contributed by atoms with van der Waals surface area (Å²) in [6.45, 7) is 6.07. The number of carbonyl (C=O) groups excluding carboxylic acids is 2. The number of primary amides is 1. The van der Waals surface area contributed by atoms with Gasteiger partial charge >= 0.3 is 6.03 Å².